The number of benzene rings is 1. The molecule has 0 unspecified atom stereocenters. The fraction of sp³-hybridized carbons (Fsp3) is 0.154. The van der Waals surface area contributed by atoms with Crippen LogP contribution in [0.4, 0.5) is 11.5 Å². The van der Waals surface area contributed by atoms with Crippen LogP contribution >= 0.6 is 0 Å². The molecule has 0 N–H and O–H groups in total. The summed E-state index contributed by atoms with van der Waals surface area (Å²) in [6.45, 7) is 0.736. The van der Waals surface area contributed by atoms with Crippen LogP contribution in [0.2, 0.25) is 0 Å². The fourth-order valence-electron chi connectivity index (χ4n) is 1.66. The van der Waals surface area contributed by atoms with E-state index in [0.29, 0.717) is 0 Å². The van der Waals surface area contributed by atoms with Gasteiger partial charge in [0.05, 0.1) is 5.69 Å². The Kier molecular flexibility index (Phi) is 3.52. The van der Waals surface area contributed by atoms with Crippen LogP contribution in [0.3, 0.4) is 0 Å². The molecule has 0 bridgehead atoms. The lowest BCUT2D eigenvalue weighted by Crippen LogP contribution is -2.16. The molecule has 0 radical (unpaired) electrons. The summed E-state index contributed by atoms with van der Waals surface area (Å²) in [6, 6.07) is 13.1. The molecule has 0 spiro atoms. The number of aromatic nitrogens is 1. The molecule has 2 aromatic rings. The van der Waals surface area contributed by atoms with Gasteiger partial charge in [-0.05, 0) is 21.5 Å². The number of anilines is 1. The van der Waals surface area contributed by atoms with Crippen LogP contribution in [0.15, 0.2) is 48.7 Å². The second-order valence-electron chi connectivity index (χ2n) is 3.97. The first kappa shape index (κ1) is 12.0. The van der Waals surface area contributed by atoms with Crippen molar-refractivity contribution in [2.45, 2.75) is 6.54 Å². The van der Waals surface area contributed by atoms with Crippen molar-refractivity contribution in [2.75, 3.05) is 11.9 Å². The van der Waals surface area contributed by atoms with E-state index in [1.54, 1.807) is 6.07 Å². The maximum Gasteiger partial charge on any atom is 0.363 e. The van der Waals surface area contributed by atoms with Gasteiger partial charge in [0.15, 0.2) is 6.20 Å². The maximum absolute atomic E-state index is 10.5. The normalized spacial score (nSPS) is 10.1. The Morgan fingerprint density at radius 1 is 1.22 bits per heavy atom. The van der Waals surface area contributed by atoms with Crippen LogP contribution in [-0.2, 0) is 6.54 Å². The number of nitrogens with zero attached hydrogens (tertiary/aromatic N) is 3. The van der Waals surface area contributed by atoms with Crippen molar-refractivity contribution in [3.05, 3.63) is 64.3 Å². The topological polar surface area (TPSA) is 59.3 Å². The van der Waals surface area contributed by atoms with Crippen molar-refractivity contribution in [2.24, 2.45) is 0 Å². The molecule has 5 heteroatoms. The van der Waals surface area contributed by atoms with Gasteiger partial charge in [-0.3, -0.25) is 0 Å². The lowest BCUT2D eigenvalue weighted by Gasteiger charge is -2.17. The molecule has 0 saturated heterocycles. The molecule has 1 aromatic heterocycles. The quantitative estimate of drug-likeness (QED) is 0.611. The lowest BCUT2D eigenvalue weighted by molar-refractivity contribution is -0.389. The van der Waals surface area contributed by atoms with E-state index in [-0.39, 0.29) is 5.82 Å². The lowest BCUT2D eigenvalue weighted by atomic mass is 10.2. The predicted molar refractivity (Wildman–Crippen MR) is 69.4 cm³/mol. The van der Waals surface area contributed by atoms with Crippen LogP contribution < -0.4 is 4.90 Å². The van der Waals surface area contributed by atoms with Gasteiger partial charge >= 0.3 is 5.82 Å². The molecule has 2 rings (SSSR count). The van der Waals surface area contributed by atoms with Gasteiger partial charge in [0.2, 0.25) is 0 Å². The van der Waals surface area contributed by atoms with Gasteiger partial charge in [0, 0.05) is 19.7 Å². The van der Waals surface area contributed by atoms with E-state index in [4.69, 9.17) is 0 Å². The summed E-state index contributed by atoms with van der Waals surface area (Å²) in [6.07, 6.45) is 1.51. The molecule has 92 valence electrons. The van der Waals surface area contributed by atoms with Crippen LogP contribution in [0, 0.1) is 10.1 Å². The minimum atomic E-state index is -0.499. The van der Waals surface area contributed by atoms with Gasteiger partial charge < -0.3 is 15.0 Å². The molecule has 0 aliphatic carbocycles. The second-order valence-corrected chi connectivity index (χ2v) is 3.97. The summed E-state index contributed by atoms with van der Waals surface area (Å²) >= 11 is 0. The predicted octanol–water partition coefficient (Wildman–Crippen LogP) is 2.63. The number of rotatable bonds is 4. The van der Waals surface area contributed by atoms with E-state index in [1.807, 2.05) is 42.3 Å². The van der Waals surface area contributed by atoms with Gasteiger partial charge in [0.25, 0.3) is 0 Å². The van der Waals surface area contributed by atoms with Crippen LogP contribution in [0.25, 0.3) is 0 Å². The number of nitro groups is 1. The minimum absolute atomic E-state index is 0.133. The van der Waals surface area contributed by atoms with Gasteiger partial charge in [-0.2, -0.15) is 0 Å². The van der Waals surface area contributed by atoms with Gasteiger partial charge in [-0.1, -0.05) is 30.3 Å². The molecule has 0 fully saturated rings. The monoisotopic (exact) mass is 243 g/mol. The van der Waals surface area contributed by atoms with Crippen LogP contribution in [-0.4, -0.2) is 17.0 Å². The third kappa shape index (κ3) is 2.82. The van der Waals surface area contributed by atoms with Crippen LogP contribution in [0.1, 0.15) is 5.56 Å². The summed E-state index contributed by atoms with van der Waals surface area (Å²) in [7, 11) is 1.93. The molecule has 0 aliphatic rings. The van der Waals surface area contributed by atoms with E-state index in [1.165, 1.54) is 17.8 Å². The first-order valence-electron chi connectivity index (χ1n) is 5.52. The van der Waals surface area contributed by atoms with Crippen molar-refractivity contribution in [1.29, 1.82) is 0 Å². The van der Waals surface area contributed by atoms with Crippen molar-refractivity contribution in [1.82, 2.24) is 4.98 Å². The van der Waals surface area contributed by atoms with Crippen molar-refractivity contribution in [3.63, 3.8) is 0 Å². The number of hydrogen-bond donors (Lipinski definition) is 0. The first-order valence-corrected chi connectivity index (χ1v) is 5.52. The molecule has 1 heterocycles. The Labute approximate surface area is 105 Å². The zero-order valence-electron chi connectivity index (χ0n) is 9.98. The third-order valence-corrected chi connectivity index (χ3v) is 2.62. The first-order chi connectivity index (χ1) is 8.66. The molecule has 18 heavy (non-hydrogen) atoms. The molecule has 0 aliphatic heterocycles. The third-order valence-electron chi connectivity index (χ3n) is 2.62. The molecule has 5 nitrogen and oxygen atoms in total. The molecule has 0 amide bonds. The maximum atomic E-state index is 10.5. The second kappa shape index (κ2) is 5.27. The van der Waals surface area contributed by atoms with E-state index in [9.17, 15) is 10.1 Å². The van der Waals surface area contributed by atoms with E-state index in [2.05, 4.69) is 4.98 Å². The van der Waals surface area contributed by atoms with Crippen molar-refractivity contribution >= 4 is 11.5 Å². The largest absolute Gasteiger partial charge is 0.367 e. The van der Waals surface area contributed by atoms with Crippen molar-refractivity contribution in [3.8, 4) is 0 Å². The summed E-state index contributed by atoms with van der Waals surface area (Å²) in [4.78, 5) is 15.8. The molecular weight excluding hydrogens is 230 g/mol. The Hall–Kier alpha value is -2.43. The SMILES string of the molecule is CN(Cc1ccccc1)c1ccc([N+](=O)[O-])nc1. The van der Waals surface area contributed by atoms with E-state index < -0.39 is 4.92 Å². The van der Waals surface area contributed by atoms with E-state index in [0.717, 1.165) is 12.2 Å². The van der Waals surface area contributed by atoms with Gasteiger partial charge in [-0.25, -0.2) is 0 Å². The van der Waals surface area contributed by atoms with Crippen molar-refractivity contribution < 1.29 is 4.92 Å². The molecular formula is C13H13N3O2. The fourth-order valence-corrected chi connectivity index (χ4v) is 1.66. The molecule has 0 atom stereocenters. The summed E-state index contributed by atoms with van der Waals surface area (Å²) < 4.78 is 0. The smallest absolute Gasteiger partial charge is 0.363 e. The molecule has 1 aromatic carbocycles. The Morgan fingerprint density at radius 2 is 1.94 bits per heavy atom. The highest BCUT2D eigenvalue weighted by Gasteiger charge is 2.09. The average Bonchev–Trinajstić information content (AvgIpc) is 2.40. The zero-order chi connectivity index (χ0) is 13.0. The highest BCUT2D eigenvalue weighted by atomic mass is 16.6. The number of hydrogen-bond acceptors (Lipinski definition) is 4. The van der Waals surface area contributed by atoms with Gasteiger partial charge in [0.1, 0.15) is 0 Å². The average molecular weight is 243 g/mol. The highest BCUT2D eigenvalue weighted by molar-refractivity contribution is 5.46. The summed E-state index contributed by atoms with van der Waals surface area (Å²) in [5, 5.41) is 10.5. The zero-order valence-corrected chi connectivity index (χ0v) is 9.98. The Balaban J connectivity index is 2.09. The standard InChI is InChI=1S/C13H13N3O2/c1-15(10-11-5-3-2-4-6-11)12-7-8-13(14-9-12)16(17)18/h2-9H,10H2,1H3. The minimum Gasteiger partial charge on any atom is -0.367 e. The van der Waals surface area contributed by atoms with E-state index >= 15 is 0 Å². The Bertz CT molecular complexity index is 526. The van der Waals surface area contributed by atoms with Gasteiger partial charge in [-0.15, -0.1) is 0 Å². The highest BCUT2D eigenvalue weighted by Crippen LogP contribution is 2.17. The summed E-state index contributed by atoms with van der Waals surface area (Å²) in [5.41, 5.74) is 2.03. The number of pyridine rings is 1. The van der Waals surface area contributed by atoms with Crippen LogP contribution in [0.5, 0.6) is 0 Å². The molecule has 0 saturated carbocycles. The summed E-state index contributed by atoms with van der Waals surface area (Å²) in [5.74, 6) is -0.133. The Morgan fingerprint density at radius 3 is 2.50 bits per heavy atom.